The van der Waals surface area contributed by atoms with E-state index in [-0.39, 0.29) is 0 Å². The first-order valence-electron chi connectivity index (χ1n) is 5.13. The minimum atomic E-state index is -0.966. The lowest BCUT2D eigenvalue weighted by atomic mass is 10.0. The lowest BCUT2D eigenvalue weighted by Gasteiger charge is -2.05. The van der Waals surface area contributed by atoms with Crippen molar-refractivity contribution in [2.45, 2.75) is 0 Å². The molecule has 3 heteroatoms. The van der Waals surface area contributed by atoms with Crippen LogP contribution < -0.4 is 0 Å². The molecule has 0 amide bonds. The largest absolute Gasteiger partial charge is 0.206 e. The van der Waals surface area contributed by atoms with E-state index in [9.17, 15) is 13.2 Å². The highest BCUT2D eigenvalue weighted by atomic mass is 19.2. The summed E-state index contributed by atoms with van der Waals surface area (Å²) in [4.78, 5) is 0. The topological polar surface area (TPSA) is 0 Å². The molecule has 0 aliphatic heterocycles. The van der Waals surface area contributed by atoms with Crippen molar-refractivity contribution in [3.63, 3.8) is 0 Å². The fourth-order valence-electron chi connectivity index (χ4n) is 2.06. The van der Waals surface area contributed by atoms with Gasteiger partial charge in [-0.1, -0.05) is 24.3 Å². The second kappa shape index (κ2) is 3.48. The second-order valence-electron chi connectivity index (χ2n) is 3.89. The van der Waals surface area contributed by atoms with Gasteiger partial charge in [0.1, 0.15) is 5.82 Å². The SMILES string of the molecule is Fc1cc2cc(F)c3ccccc3c2cc1F. The molecule has 0 atom stereocenters. The van der Waals surface area contributed by atoms with Gasteiger partial charge in [0.15, 0.2) is 11.6 Å². The van der Waals surface area contributed by atoms with Crippen molar-refractivity contribution < 1.29 is 13.2 Å². The summed E-state index contributed by atoms with van der Waals surface area (Å²) in [6, 6.07) is 10.1. The minimum Gasteiger partial charge on any atom is -0.206 e. The number of hydrogen-bond donors (Lipinski definition) is 0. The molecule has 0 radical (unpaired) electrons. The van der Waals surface area contributed by atoms with Crippen LogP contribution in [0.3, 0.4) is 0 Å². The highest BCUT2D eigenvalue weighted by Gasteiger charge is 2.09. The molecule has 3 aromatic carbocycles. The van der Waals surface area contributed by atoms with E-state index in [0.29, 0.717) is 21.5 Å². The molecular weight excluding hydrogens is 225 g/mol. The van der Waals surface area contributed by atoms with E-state index < -0.39 is 17.5 Å². The van der Waals surface area contributed by atoms with E-state index in [0.717, 1.165) is 12.1 Å². The predicted octanol–water partition coefficient (Wildman–Crippen LogP) is 4.41. The maximum atomic E-state index is 13.7. The van der Waals surface area contributed by atoms with Gasteiger partial charge in [0.2, 0.25) is 0 Å². The van der Waals surface area contributed by atoms with Crippen LogP contribution in [0.25, 0.3) is 21.5 Å². The molecule has 0 aliphatic rings. The van der Waals surface area contributed by atoms with Crippen LogP contribution in [-0.2, 0) is 0 Å². The van der Waals surface area contributed by atoms with Crippen LogP contribution in [-0.4, -0.2) is 0 Å². The Morgan fingerprint density at radius 2 is 1.18 bits per heavy atom. The Hall–Kier alpha value is -2.03. The second-order valence-corrected chi connectivity index (χ2v) is 3.89. The summed E-state index contributed by atoms with van der Waals surface area (Å²) < 4.78 is 40.0. The number of halogens is 3. The lowest BCUT2D eigenvalue weighted by molar-refractivity contribution is 0.511. The summed E-state index contributed by atoms with van der Waals surface area (Å²) in [5, 5.41) is 1.87. The van der Waals surface area contributed by atoms with Crippen molar-refractivity contribution in [1.82, 2.24) is 0 Å². The van der Waals surface area contributed by atoms with E-state index in [4.69, 9.17) is 0 Å². The molecule has 84 valence electrons. The normalized spacial score (nSPS) is 11.2. The summed E-state index contributed by atoms with van der Waals surface area (Å²) in [6.45, 7) is 0. The van der Waals surface area contributed by atoms with Crippen molar-refractivity contribution in [2.24, 2.45) is 0 Å². The van der Waals surface area contributed by atoms with Gasteiger partial charge < -0.3 is 0 Å². The highest BCUT2D eigenvalue weighted by Crippen LogP contribution is 2.29. The zero-order chi connectivity index (χ0) is 12.0. The van der Waals surface area contributed by atoms with E-state index in [1.807, 2.05) is 0 Å². The number of rotatable bonds is 0. The molecule has 0 saturated heterocycles. The third kappa shape index (κ3) is 1.46. The lowest BCUT2D eigenvalue weighted by Crippen LogP contribution is -1.88. The van der Waals surface area contributed by atoms with Crippen molar-refractivity contribution in [1.29, 1.82) is 0 Å². The van der Waals surface area contributed by atoms with Crippen LogP contribution in [0, 0.1) is 17.5 Å². The van der Waals surface area contributed by atoms with Crippen molar-refractivity contribution in [3.05, 3.63) is 59.9 Å². The average Bonchev–Trinajstić information content (AvgIpc) is 2.32. The molecule has 0 nitrogen and oxygen atoms in total. The van der Waals surface area contributed by atoms with Crippen molar-refractivity contribution in [2.75, 3.05) is 0 Å². The quantitative estimate of drug-likeness (QED) is 0.503. The van der Waals surface area contributed by atoms with E-state index >= 15 is 0 Å². The van der Waals surface area contributed by atoms with Gasteiger partial charge >= 0.3 is 0 Å². The number of fused-ring (bicyclic) bond motifs is 3. The van der Waals surface area contributed by atoms with Crippen molar-refractivity contribution in [3.8, 4) is 0 Å². The van der Waals surface area contributed by atoms with Gasteiger partial charge in [0, 0.05) is 5.39 Å². The Morgan fingerprint density at radius 1 is 0.588 bits per heavy atom. The summed E-state index contributed by atoms with van der Waals surface area (Å²) in [5.41, 5.74) is 0. The van der Waals surface area contributed by atoms with E-state index in [1.54, 1.807) is 24.3 Å². The molecule has 3 aromatic rings. The average molecular weight is 232 g/mol. The number of hydrogen-bond acceptors (Lipinski definition) is 0. The summed E-state index contributed by atoms with van der Waals surface area (Å²) in [7, 11) is 0. The molecule has 0 aromatic heterocycles. The fourth-order valence-corrected chi connectivity index (χ4v) is 2.06. The minimum absolute atomic E-state index is 0.361. The van der Waals surface area contributed by atoms with Gasteiger partial charge in [-0.25, -0.2) is 13.2 Å². The molecule has 3 rings (SSSR count). The predicted molar refractivity (Wildman–Crippen MR) is 61.3 cm³/mol. The van der Waals surface area contributed by atoms with Crippen LogP contribution in [0.5, 0.6) is 0 Å². The molecule has 0 saturated carbocycles. The summed E-state index contributed by atoms with van der Waals surface area (Å²) >= 11 is 0. The molecule has 0 spiro atoms. The number of benzene rings is 3. The fraction of sp³-hybridized carbons (Fsp3) is 0. The van der Waals surface area contributed by atoms with Gasteiger partial charge in [-0.15, -0.1) is 0 Å². The Labute approximate surface area is 95.3 Å². The molecule has 0 fully saturated rings. The Balaban J connectivity index is 2.59. The Morgan fingerprint density at radius 3 is 1.94 bits per heavy atom. The van der Waals surface area contributed by atoms with Crippen LogP contribution in [0.4, 0.5) is 13.2 Å². The van der Waals surface area contributed by atoms with Gasteiger partial charge in [-0.2, -0.15) is 0 Å². The first kappa shape index (κ1) is 10.1. The van der Waals surface area contributed by atoms with E-state index in [2.05, 4.69) is 0 Å². The smallest absolute Gasteiger partial charge is 0.159 e. The van der Waals surface area contributed by atoms with Crippen molar-refractivity contribution >= 4 is 21.5 Å². The monoisotopic (exact) mass is 232 g/mol. The molecule has 0 aliphatic carbocycles. The molecular formula is C14H7F3. The van der Waals surface area contributed by atoms with E-state index in [1.165, 1.54) is 6.07 Å². The summed E-state index contributed by atoms with van der Waals surface area (Å²) in [6.07, 6.45) is 0. The first-order valence-corrected chi connectivity index (χ1v) is 5.13. The van der Waals surface area contributed by atoms with Gasteiger partial charge in [0.05, 0.1) is 0 Å². The Bertz CT molecular complexity index is 732. The first-order chi connectivity index (χ1) is 8.16. The highest BCUT2D eigenvalue weighted by molar-refractivity contribution is 6.07. The zero-order valence-electron chi connectivity index (χ0n) is 8.68. The van der Waals surface area contributed by atoms with Gasteiger partial charge in [0.25, 0.3) is 0 Å². The van der Waals surface area contributed by atoms with Crippen LogP contribution in [0.15, 0.2) is 42.5 Å². The molecule has 0 bridgehead atoms. The molecule has 17 heavy (non-hydrogen) atoms. The third-order valence-corrected chi connectivity index (χ3v) is 2.85. The molecule has 0 unspecified atom stereocenters. The van der Waals surface area contributed by atoms with Gasteiger partial charge in [-0.3, -0.25) is 0 Å². The standard InChI is InChI=1S/C14H7F3/c15-12-5-8-6-13(16)14(17)7-11(8)9-3-1-2-4-10(9)12/h1-7H. The van der Waals surface area contributed by atoms with Crippen LogP contribution in [0.1, 0.15) is 0 Å². The van der Waals surface area contributed by atoms with Gasteiger partial charge in [-0.05, 0) is 34.4 Å². The van der Waals surface area contributed by atoms with Crippen LogP contribution in [0.2, 0.25) is 0 Å². The molecule has 0 heterocycles. The third-order valence-electron chi connectivity index (χ3n) is 2.85. The molecule has 0 N–H and O–H groups in total. The maximum absolute atomic E-state index is 13.7. The maximum Gasteiger partial charge on any atom is 0.159 e. The Kier molecular flexibility index (Phi) is 2.08. The summed E-state index contributed by atoms with van der Waals surface area (Å²) in [5.74, 6) is -2.32. The zero-order valence-corrected chi connectivity index (χ0v) is 8.68. The van der Waals surface area contributed by atoms with Crippen LogP contribution >= 0.6 is 0 Å².